The Labute approximate surface area is 156 Å². The molecule has 0 saturated carbocycles. The average molecular weight is 378 g/mol. The standard InChI is InChI=1S/C18H23FN4O4/c1-25-10-11-26-12-16-21-17(22-27-16)15-8-4-5-9-23(15)18(24)20-14-7-3-2-6-13(14)19/h2-3,6-7,15H,4-5,8-12H2,1H3,(H,20,24). The van der Waals surface area contributed by atoms with Crippen LogP contribution in [0.4, 0.5) is 14.9 Å². The van der Waals surface area contributed by atoms with Gasteiger partial charge in [-0.05, 0) is 31.4 Å². The van der Waals surface area contributed by atoms with E-state index in [9.17, 15) is 9.18 Å². The van der Waals surface area contributed by atoms with Crippen LogP contribution in [0.1, 0.15) is 37.0 Å². The van der Waals surface area contributed by atoms with Crippen LogP contribution in [0.25, 0.3) is 0 Å². The SMILES string of the molecule is COCCOCc1nc(C2CCCCN2C(=O)Nc2ccccc2F)no1. The number of carbonyl (C=O) groups is 1. The van der Waals surface area contributed by atoms with Gasteiger partial charge < -0.3 is 24.2 Å². The molecule has 1 saturated heterocycles. The Morgan fingerprint density at radius 3 is 3.04 bits per heavy atom. The molecule has 1 fully saturated rings. The largest absolute Gasteiger partial charge is 0.382 e. The maximum absolute atomic E-state index is 13.8. The Balaban J connectivity index is 1.65. The van der Waals surface area contributed by atoms with E-state index in [-0.39, 0.29) is 24.4 Å². The van der Waals surface area contributed by atoms with Crippen LogP contribution in [0.15, 0.2) is 28.8 Å². The Morgan fingerprint density at radius 1 is 1.37 bits per heavy atom. The molecule has 9 heteroatoms. The number of benzene rings is 1. The van der Waals surface area contributed by atoms with Crippen molar-refractivity contribution in [3.8, 4) is 0 Å². The molecule has 1 N–H and O–H groups in total. The van der Waals surface area contributed by atoms with E-state index < -0.39 is 5.82 Å². The monoisotopic (exact) mass is 378 g/mol. The number of methoxy groups -OCH3 is 1. The van der Waals surface area contributed by atoms with Gasteiger partial charge in [-0.15, -0.1) is 0 Å². The lowest BCUT2D eigenvalue weighted by atomic mass is 10.0. The number of piperidine rings is 1. The first-order valence-electron chi connectivity index (χ1n) is 8.90. The van der Waals surface area contributed by atoms with Crippen molar-refractivity contribution in [2.75, 3.05) is 32.2 Å². The van der Waals surface area contributed by atoms with Crippen molar-refractivity contribution in [2.24, 2.45) is 0 Å². The maximum atomic E-state index is 13.8. The molecule has 1 aromatic carbocycles. The average Bonchev–Trinajstić information content (AvgIpc) is 3.16. The zero-order valence-corrected chi connectivity index (χ0v) is 15.2. The van der Waals surface area contributed by atoms with Crippen LogP contribution in [0.5, 0.6) is 0 Å². The number of para-hydroxylation sites is 1. The number of urea groups is 1. The third kappa shape index (κ3) is 5.01. The van der Waals surface area contributed by atoms with Crippen molar-refractivity contribution in [3.63, 3.8) is 0 Å². The second-order valence-corrected chi connectivity index (χ2v) is 6.21. The zero-order chi connectivity index (χ0) is 19.1. The van der Waals surface area contributed by atoms with E-state index in [1.165, 1.54) is 12.1 Å². The highest BCUT2D eigenvalue weighted by Crippen LogP contribution is 2.30. The summed E-state index contributed by atoms with van der Waals surface area (Å²) in [7, 11) is 1.60. The lowest BCUT2D eigenvalue weighted by Gasteiger charge is -2.33. The third-order valence-corrected chi connectivity index (χ3v) is 4.32. The summed E-state index contributed by atoms with van der Waals surface area (Å²) >= 11 is 0. The van der Waals surface area contributed by atoms with Crippen LogP contribution in [-0.4, -0.2) is 47.9 Å². The molecule has 1 atom stereocenters. The van der Waals surface area contributed by atoms with Gasteiger partial charge in [0.05, 0.1) is 24.9 Å². The first-order chi connectivity index (χ1) is 13.2. The number of hydrogen-bond acceptors (Lipinski definition) is 6. The highest BCUT2D eigenvalue weighted by molar-refractivity contribution is 5.89. The molecule has 8 nitrogen and oxygen atoms in total. The molecule has 1 aromatic heterocycles. The second kappa shape index (κ2) is 9.43. The van der Waals surface area contributed by atoms with E-state index in [4.69, 9.17) is 14.0 Å². The maximum Gasteiger partial charge on any atom is 0.322 e. The van der Waals surface area contributed by atoms with Gasteiger partial charge in [0.1, 0.15) is 12.4 Å². The van der Waals surface area contributed by atoms with Crippen molar-refractivity contribution in [1.29, 1.82) is 0 Å². The molecule has 0 radical (unpaired) electrons. The molecular formula is C18H23FN4O4. The number of anilines is 1. The van der Waals surface area contributed by atoms with Gasteiger partial charge >= 0.3 is 6.03 Å². The minimum absolute atomic E-state index is 0.146. The van der Waals surface area contributed by atoms with E-state index in [0.29, 0.717) is 37.9 Å². The number of likely N-dealkylation sites (tertiary alicyclic amines) is 1. The molecule has 2 aromatic rings. The van der Waals surface area contributed by atoms with E-state index in [1.54, 1.807) is 24.1 Å². The molecule has 0 spiro atoms. The molecule has 0 aliphatic carbocycles. The van der Waals surface area contributed by atoms with Gasteiger partial charge in [-0.25, -0.2) is 9.18 Å². The zero-order valence-electron chi connectivity index (χ0n) is 15.2. The van der Waals surface area contributed by atoms with Gasteiger partial charge in [0.2, 0.25) is 0 Å². The summed E-state index contributed by atoms with van der Waals surface area (Å²) in [5.74, 6) is 0.305. The van der Waals surface area contributed by atoms with Crippen molar-refractivity contribution < 1.29 is 23.2 Å². The molecule has 2 amide bonds. The quantitative estimate of drug-likeness (QED) is 0.745. The topological polar surface area (TPSA) is 89.7 Å². The fourth-order valence-electron chi connectivity index (χ4n) is 2.96. The van der Waals surface area contributed by atoms with E-state index in [0.717, 1.165) is 12.8 Å². The van der Waals surface area contributed by atoms with Crippen molar-refractivity contribution in [3.05, 3.63) is 41.8 Å². The molecular weight excluding hydrogens is 355 g/mol. The Kier molecular flexibility index (Phi) is 6.72. The lowest BCUT2D eigenvalue weighted by Crippen LogP contribution is -2.41. The van der Waals surface area contributed by atoms with E-state index >= 15 is 0 Å². The van der Waals surface area contributed by atoms with Gasteiger partial charge in [0, 0.05) is 13.7 Å². The summed E-state index contributed by atoms with van der Waals surface area (Å²) in [5, 5.41) is 6.62. The van der Waals surface area contributed by atoms with Crippen LogP contribution in [0, 0.1) is 5.82 Å². The first kappa shape index (κ1) is 19.2. The normalized spacial score (nSPS) is 17.1. The second-order valence-electron chi connectivity index (χ2n) is 6.21. The Morgan fingerprint density at radius 2 is 2.22 bits per heavy atom. The van der Waals surface area contributed by atoms with Crippen LogP contribution in [0.3, 0.4) is 0 Å². The number of amides is 2. The summed E-state index contributed by atoms with van der Waals surface area (Å²) < 4.78 is 29.3. The Hall–Kier alpha value is -2.52. The number of rotatable bonds is 7. The minimum Gasteiger partial charge on any atom is -0.382 e. The van der Waals surface area contributed by atoms with Crippen LogP contribution >= 0.6 is 0 Å². The Bertz CT molecular complexity index is 754. The highest BCUT2D eigenvalue weighted by atomic mass is 19.1. The number of hydrogen-bond donors (Lipinski definition) is 1. The number of aromatic nitrogens is 2. The fraction of sp³-hybridized carbons (Fsp3) is 0.500. The van der Waals surface area contributed by atoms with Crippen LogP contribution in [-0.2, 0) is 16.1 Å². The van der Waals surface area contributed by atoms with Crippen molar-refractivity contribution in [1.82, 2.24) is 15.0 Å². The first-order valence-corrected chi connectivity index (χ1v) is 8.90. The van der Waals surface area contributed by atoms with Gasteiger partial charge in [-0.2, -0.15) is 4.98 Å². The molecule has 2 heterocycles. The summed E-state index contributed by atoms with van der Waals surface area (Å²) in [4.78, 5) is 18.6. The molecule has 1 aliphatic heterocycles. The molecule has 1 unspecified atom stereocenters. The molecule has 27 heavy (non-hydrogen) atoms. The predicted molar refractivity (Wildman–Crippen MR) is 94.5 cm³/mol. The fourth-order valence-corrected chi connectivity index (χ4v) is 2.96. The number of ether oxygens (including phenoxy) is 2. The highest BCUT2D eigenvalue weighted by Gasteiger charge is 2.32. The number of nitrogens with zero attached hydrogens (tertiary/aromatic N) is 3. The minimum atomic E-state index is -0.477. The number of halogens is 1. The smallest absolute Gasteiger partial charge is 0.322 e. The predicted octanol–water partition coefficient (Wildman–Crippen LogP) is 3.13. The van der Waals surface area contributed by atoms with E-state index in [1.807, 2.05) is 0 Å². The number of nitrogens with one attached hydrogen (secondary N) is 1. The third-order valence-electron chi connectivity index (χ3n) is 4.32. The summed E-state index contributed by atoms with van der Waals surface area (Å²) in [6.45, 7) is 1.63. The van der Waals surface area contributed by atoms with Gasteiger partial charge in [-0.3, -0.25) is 0 Å². The summed E-state index contributed by atoms with van der Waals surface area (Å²) in [6, 6.07) is 5.37. The lowest BCUT2D eigenvalue weighted by molar-refractivity contribution is 0.0494. The van der Waals surface area contributed by atoms with Crippen LogP contribution < -0.4 is 5.32 Å². The molecule has 1 aliphatic rings. The van der Waals surface area contributed by atoms with Crippen molar-refractivity contribution >= 4 is 11.7 Å². The van der Waals surface area contributed by atoms with Gasteiger partial charge in [0.15, 0.2) is 5.82 Å². The molecule has 3 rings (SSSR count). The van der Waals surface area contributed by atoms with Gasteiger partial charge in [0.25, 0.3) is 5.89 Å². The molecule has 0 bridgehead atoms. The van der Waals surface area contributed by atoms with Crippen molar-refractivity contribution in [2.45, 2.75) is 31.9 Å². The number of carbonyl (C=O) groups excluding carboxylic acids is 1. The molecule has 146 valence electrons. The summed E-state index contributed by atoms with van der Waals surface area (Å²) in [5.41, 5.74) is 0.146. The van der Waals surface area contributed by atoms with Crippen LogP contribution in [0.2, 0.25) is 0 Å². The summed E-state index contributed by atoms with van der Waals surface area (Å²) in [6.07, 6.45) is 2.53. The van der Waals surface area contributed by atoms with Gasteiger partial charge in [-0.1, -0.05) is 17.3 Å². The van der Waals surface area contributed by atoms with E-state index in [2.05, 4.69) is 15.5 Å².